The standard InChI is InChI=1S/C28H24N2O4/c1-19-6-5-9-24(16-19)28(32)34-25-13-10-21(11-14-25)18-29-30-27(31)20(2)33-26-15-12-22-7-3-4-8-23(22)17-26/h3-18,20H,1-2H3,(H,30,31)/b29-18-/t20-/m0/s1. The molecule has 0 radical (unpaired) electrons. The van der Waals surface area contributed by atoms with Crippen molar-refractivity contribution in [2.45, 2.75) is 20.0 Å². The molecule has 6 nitrogen and oxygen atoms in total. The summed E-state index contributed by atoms with van der Waals surface area (Å²) in [5, 5.41) is 6.13. The summed E-state index contributed by atoms with van der Waals surface area (Å²) < 4.78 is 11.1. The number of nitrogens with zero attached hydrogens (tertiary/aromatic N) is 1. The molecule has 0 unspecified atom stereocenters. The topological polar surface area (TPSA) is 77.0 Å². The van der Waals surface area contributed by atoms with Gasteiger partial charge in [0.05, 0.1) is 11.8 Å². The van der Waals surface area contributed by atoms with Crippen molar-refractivity contribution in [2.24, 2.45) is 5.10 Å². The summed E-state index contributed by atoms with van der Waals surface area (Å²) in [6, 6.07) is 27.7. The molecule has 0 spiro atoms. The summed E-state index contributed by atoms with van der Waals surface area (Å²) in [6.07, 6.45) is 0.786. The van der Waals surface area contributed by atoms with Gasteiger partial charge in [0, 0.05) is 0 Å². The molecule has 0 aliphatic heterocycles. The number of carbonyl (C=O) groups is 2. The highest BCUT2D eigenvalue weighted by molar-refractivity contribution is 5.91. The number of ether oxygens (including phenoxy) is 2. The number of fused-ring (bicyclic) bond motifs is 1. The second-order valence-electron chi connectivity index (χ2n) is 7.83. The Bertz CT molecular complexity index is 1350. The molecule has 1 N–H and O–H groups in total. The maximum atomic E-state index is 12.3. The number of benzene rings is 4. The van der Waals surface area contributed by atoms with Crippen molar-refractivity contribution in [2.75, 3.05) is 0 Å². The van der Waals surface area contributed by atoms with Gasteiger partial charge in [-0.15, -0.1) is 0 Å². The number of hydrogen-bond donors (Lipinski definition) is 1. The largest absolute Gasteiger partial charge is 0.481 e. The van der Waals surface area contributed by atoms with Gasteiger partial charge in [0.1, 0.15) is 11.5 Å². The molecule has 0 saturated carbocycles. The fourth-order valence-corrected chi connectivity index (χ4v) is 3.32. The molecule has 0 bridgehead atoms. The number of amides is 1. The fourth-order valence-electron chi connectivity index (χ4n) is 3.32. The normalized spacial score (nSPS) is 11.8. The zero-order valence-electron chi connectivity index (χ0n) is 18.9. The Hall–Kier alpha value is -4.45. The van der Waals surface area contributed by atoms with Crippen molar-refractivity contribution in [3.63, 3.8) is 0 Å². The van der Waals surface area contributed by atoms with Crippen LogP contribution in [0.2, 0.25) is 0 Å². The Labute approximate surface area is 197 Å². The maximum Gasteiger partial charge on any atom is 0.343 e. The first-order valence-corrected chi connectivity index (χ1v) is 10.9. The quantitative estimate of drug-likeness (QED) is 0.179. The second kappa shape index (κ2) is 10.4. The van der Waals surface area contributed by atoms with E-state index in [-0.39, 0.29) is 5.91 Å². The van der Waals surface area contributed by atoms with Crippen LogP contribution in [0.25, 0.3) is 10.8 Å². The van der Waals surface area contributed by atoms with Crippen LogP contribution in [-0.2, 0) is 4.79 Å². The van der Waals surface area contributed by atoms with E-state index in [9.17, 15) is 9.59 Å². The van der Waals surface area contributed by atoms with E-state index in [1.54, 1.807) is 43.3 Å². The molecule has 0 heterocycles. The van der Waals surface area contributed by atoms with E-state index in [1.807, 2.05) is 61.5 Å². The predicted octanol–water partition coefficient (Wildman–Crippen LogP) is 5.29. The molecule has 1 atom stereocenters. The van der Waals surface area contributed by atoms with Gasteiger partial charge in [0.25, 0.3) is 5.91 Å². The molecule has 4 aromatic carbocycles. The van der Waals surface area contributed by atoms with Gasteiger partial charge in [-0.25, -0.2) is 10.2 Å². The summed E-state index contributed by atoms with van der Waals surface area (Å²) in [6.45, 7) is 3.58. The molecule has 0 aromatic heterocycles. The van der Waals surface area contributed by atoms with Crippen molar-refractivity contribution in [1.29, 1.82) is 0 Å². The number of aryl methyl sites for hydroxylation is 1. The lowest BCUT2D eigenvalue weighted by molar-refractivity contribution is -0.127. The average molecular weight is 453 g/mol. The van der Waals surface area contributed by atoms with E-state index in [2.05, 4.69) is 10.5 Å². The third-order valence-electron chi connectivity index (χ3n) is 5.14. The van der Waals surface area contributed by atoms with E-state index >= 15 is 0 Å². The lowest BCUT2D eigenvalue weighted by Gasteiger charge is -2.13. The number of hydrogen-bond acceptors (Lipinski definition) is 5. The molecule has 170 valence electrons. The van der Waals surface area contributed by atoms with Crippen LogP contribution in [0.1, 0.15) is 28.4 Å². The molecule has 0 aliphatic rings. The first-order chi connectivity index (χ1) is 16.5. The number of rotatable bonds is 7. The summed E-state index contributed by atoms with van der Waals surface area (Å²) in [4.78, 5) is 24.6. The van der Waals surface area contributed by atoms with Gasteiger partial charge in [-0.1, -0.05) is 48.0 Å². The van der Waals surface area contributed by atoms with E-state index in [0.29, 0.717) is 17.1 Å². The summed E-state index contributed by atoms with van der Waals surface area (Å²) in [7, 11) is 0. The average Bonchev–Trinajstić information content (AvgIpc) is 2.85. The van der Waals surface area contributed by atoms with Crippen LogP contribution in [-0.4, -0.2) is 24.2 Å². The Kier molecular flexibility index (Phi) is 6.98. The van der Waals surface area contributed by atoms with Crippen LogP contribution < -0.4 is 14.9 Å². The first kappa shape index (κ1) is 22.7. The lowest BCUT2D eigenvalue weighted by Crippen LogP contribution is -2.33. The zero-order chi connectivity index (χ0) is 23.9. The van der Waals surface area contributed by atoms with Crippen LogP contribution in [0.15, 0.2) is 96.1 Å². The third kappa shape index (κ3) is 5.86. The SMILES string of the molecule is Cc1cccc(C(=O)Oc2ccc(/C=N\NC(=O)[C@H](C)Oc3ccc4ccccc4c3)cc2)c1. The number of nitrogens with one attached hydrogen (secondary N) is 1. The van der Waals surface area contributed by atoms with Gasteiger partial charge in [0.2, 0.25) is 0 Å². The third-order valence-corrected chi connectivity index (χ3v) is 5.14. The van der Waals surface area contributed by atoms with Gasteiger partial charge in [0.15, 0.2) is 6.10 Å². The van der Waals surface area contributed by atoms with E-state index in [4.69, 9.17) is 9.47 Å². The Balaban J connectivity index is 1.29. The summed E-state index contributed by atoms with van der Waals surface area (Å²) >= 11 is 0. The van der Waals surface area contributed by atoms with E-state index in [0.717, 1.165) is 21.9 Å². The van der Waals surface area contributed by atoms with Gasteiger partial charge >= 0.3 is 5.97 Å². The van der Waals surface area contributed by atoms with E-state index in [1.165, 1.54) is 6.21 Å². The number of carbonyl (C=O) groups excluding carboxylic acids is 2. The van der Waals surface area contributed by atoms with Crippen molar-refractivity contribution in [1.82, 2.24) is 5.43 Å². The Morgan fingerprint density at radius 2 is 1.59 bits per heavy atom. The lowest BCUT2D eigenvalue weighted by atomic mass is 10.1. The van der Waals surface area contributed by atoms with Gasteiger partial charge in [-0.2, -0.15) is 5.10 Å². The molecular weight excluding hydrogens is 428 g/mol. The molecule has 4 aromatic rings. The number of hydrazone groups is 1. The highest BCUT2D eigenvalue weighted by Gasteiger charge is 2.14. The molecule has 0 fully saturated rings. The predicted molar refractivity (Wildman–Crippen MR) is 132 cm³/mol. The summed E-state index contributed by atoms with van der Waals surface area (Å²) in [5.41, 5.74) is 4.70. The van der Waals surface area contributed by atoms with Crippen molar-refractivity contribution in [3.05, 3.63) is 108 Å². The zero-order valence-corrected chi connectivity index (χ0v) is 18.9. The second-order valence-corrected chi connectivity index (χ2v) is 7.83. The number of esters is 1. The maximum absolute atomic E-state index is 12.3. The smallest absolute Gasteiger partial charge is 0.343 e. The van der Waals surface area contributed by atoms with Crippen LogP contribution in [0.5, 0.6) is 11.5 Å². The molecule has 4 rings (SSSR count). The van der Waals surface area contributed by atoms with Crippen LogP contribution in [0, 0.1) is 6.92 Å². The van der Waals surface area contributed by atoms with Crippen LogP contribution in [0.4, 0.5) is 0 Å². The molecule has 34 heavy (non-hydrogen) atoms. The van der Waals surface area contributed by atoms with Gasteiger partial charge < -0.3 is 9.47 Å². The van der Waals surface area contributed by atoms with Crippen molar-refractivity contribution >= 4 is 28.9 Å². The van der Waals surface area contributed by atoms with Crippen LogP contribution in [0.3, 0.4) is 0 Å². The minimum atomic E-state index is -0.721. The Morgan fingerprint density at radius 1 is 0.853 bits per heavy atom. The minimum Gasteiger partial charge on any atom is -0.481 e. The molecule has 1 amide bonds. The molecule has 0 saturated heterocycles. The van der Waals surface area contributed by atoms with Crippen molar-refractivity contribution in [3.8, 4) is 11.5 Å². The fraction of sp³-hybridized carbons (Fsp3) is 0.107. The molecule has 6 heteroatoms. The highest BCUT2D eigenvalue weighted by atomic mass is 16.5. The van der Waals surface area contributed by atoms with E-state index < -0.39 is 12.1 Å². The monoisotopic (exact) mass is 452 g/mol. The Morgan fingerprint density at radius 3 is 2.35 bits per heavy atom. The minimum absolute atomic E-state index is 0.367. The van der Waals surface area contributed by atoms with Gasteiger partial charge in [-0.05, 0) is 78.7 Å². The molecule has 0 aliphatic carbocycles. The van der Waals surface area contributed by atoms with Gasteiger partial charge in [-0.3, -0.25) is 4.79 Å². The summed E-state index contributed by atoms with van der Waals surface area (Å²) in [5.74, 6) is 0.247. The van der Waals surface area contributed by atoms with Crippen molar-refractivity contribution < 1.29 is 19.1 Å². The molecular formula is C28H24N2O4. The van der Waals surface area contributed by atoms with Crippen LogP contribution >= 0.6 is 0 Å². The first-order valence-electron chi connectivity index (χ1n) is 10.9. The highest BCUT2D eigenvalue weighted by Crippen LogP contribution is 2.21.